The molecule has 1 aliphatic heterocycles. The highest BCUT2D eigenvalue weighted by Gasteiger charge is 2.35. The third kappa shape index (κ3) is 4.74. The van der Waals surface area contributed by atoms with Gasteiger partial charge in [-0.15, -0.1) is 5.10 Å². The third-order valence-electron chi connectivity index (χ3n) is 6.96. The number of aromatic amines is 1. The minimum atomic E-state index is -0.698. The Labute approximate surface area is 236 Å². The number of carbonyl (C=O) groups excluding carboxylic acids is 1. The maximum Gasteiger partial charge on any atom is 0.411 e. The van der Waals surface area contributed by atoms with Gasteiger partial charge >= 0.3 is 6.09 Å². The fourth-order valence-corrected chi connectivity index (χ4v) is 5.20. The van der Waals surface area contributed by atoms with E-state index in [1.165, 1.54) is 30.3 Å². The van der Waals surface area contributed by atoms with E-state index in [0.29, 0.717) is 34.9 Å². The van der Waals surface area contributed by atoms with Gasteiger partial charge in [0, 0.05) is 30.8 Å². The molecule has 1 aliphatic rings. The summed E-state index contributed by atoms with van der Waals surface area (Å²) < 4.78 is 28.7. The van der Waals surface area contributed by atoms with Crippen molar-refractivity contribution in [1.29, 1.82) is 0 Å². The lowest BCUT2D eigenvalue weighted by atomic mass is 10.0. The van der Waals surface area contributed by atoms with Crippen molar-refractivity contribution in [2.45, 2.75) is 18.6 Å². The van der Waals surface area contributed by atoms with Gasteiger partial charge in [-0.05, 0) is 51.9 Å². The number of pyridine rings is 1. The van der Waals surface area contributed by atoms with Gasteiger partial charge in [0.15, 0.2) is 5.82 Å². The molecule has 0 aliphatic carbocycles. The van der Waals surface area contributed by atoms with Gasteiger partial charge in [-0.3, -0.25) is 14.7 Å². The lowest BCUT2D eigenvalue weighted by molar-refractivity contribution is 0.102. The molecule has 0 saturated carbocycles. The van der Waals surface area contributed by atoms with Crippen molar-refractivity contribution >= 4 is 23.4 Å². The maximum absolute atomic E-state index is 15.4. The molecule has 3 aromatic heterocycles. The minimum Gasteiger partial charge on any atom is -0.453 e. The van der Waals surface area contributed by atoms with Crippen molar-refractivity contribution < 1.29 is 18.7 Å². The number of tetrazole rings is 1. The Bertz CT molecular complexity index is 1800. The molecule has 2 atom stereocenters. The number of aromatic nitrogens is 7. The van der Waals surface area contributed by atoms with Crippen LogP contribution in [0, 0.1) is 5.82 Å². The Hall–Kier alpha value is -4.88. The molecular weight excluding hydrogens is 555 g/mol. The van der Waals surface area contributed by atoms with E-state index in [0.717, 1.165) is 11.3 Å². The van der Waals surface area contributed by atoms with Crippen molar-refractivity contribution in [2.24, 2.45) is 0 Å². The Kier molecular flexibility index (Phi) is 6.81. The Morgan fingerprint density at radius 1 is 1.15 bits per heavy atom. The smallest absolute Gasteiger partial charge is 0.411 e. The van der Waals surface area contributed by atoms with Gasteiger partial charge in [0.25, 0.3) is 5.56 Å². The number of amides is 1. The molecule has 0 spiro atoms. The number of anilines is 1. The number of imidazole rings is 1. The summed E-state index contributed by atoms with van der Waals surface area (Å²) >= 11 is 6.12. The van der Waals surface area contributed by atoms with E-state index >= 15 is 4.39 Å². The number of H-pyrrole nitrogens is 1. The van der Waals surface area contributed by atoms with Crippen LogP contribution < -0.4 is 10.9 Å². The monoisotopic (exact) mass is 576 g/mol. The fraction of sp³-hybridized carbons (Fsp3) is 0.185. The predicted molar refractivity (Wildman–Crippen MR) is 146 cm³/mol. The molecule has 14 heteroatoms. The van der Waals surface area contributed by atoms with Crippen LogP contribution in [0.5, 0.6) is 0 Å². The van der Waals surface area contributed by atoms with Gasteiger partial charge in [0.1, 0.15) is 12.2 Å². The average Bonchev–Trinajstić information content (AvgIpc) is 3.75. The zero-order valence-corrected chi connectivity index (χ0v) is 22.5. The first-order valence-corrected chi connectivity index (χ1v) is 12.8. The summed E-state index contributed by atoms with van der Waals surface area (Å²) in [6.45, 7) is 0. The van der Waals surface area contributed by atoms with Crippen molar-refractivity contribution in [3.63, 3.8) is 0 Å². The topological polar surface area (TPSA) is 142 Å². The fourth-order valence-electron chi connectivity index (χ4n) is 5.04. The van der Waals surface area contributed by atoms with E-state index in [1.54, 1.807) is 42.1 Å². The summed E-state index contributed by atoms with van der Waals surface area (Å²) in [5.41, 5.74) is 3.07. The number of ether oxygens (including phenoxy) is 2. The highest BCUT2D eigenvalue weighted by Crippen LogP contribution is 2.41. The molecule has 2 N–H and O–H groups in total. The second kappa shape index (κ2) is 10.6. The van der Waals surface area contributed by atoms with E-state index in [2.05, 4.69) is 35.5 Å². The van der Waals surface area contributed by atoms with Crippen LogP contribution in [0.25, 0.3) is 28.1 Å². The molecule has 4 heterocycles. The number of benzene rings is 2. The lowest BCUT2D eigenvalue weighted by Gasteiger charge is -2.16. The highest BCUT2D eigenvalue weighted by atomic mass is 35.5. The average molecular weight is 577 g/mol. The van der Waals surface area contributed by atoms with Crippen LogP contribution in [0.4, 0.5) is 14.9 Å². The summed E-state index contributed by atoms with van der Waals surface area (Å²) in [7, 11) is 2.85. The number of hydrogen-bond acceptors (Lipinski definition) is 8. The van der Waals surface area contributed by atoms with Gasteiger partial charge < -0.3 is 14.5 Å². The highest BCUT2D eigenvalue weighted by molar-refractivity contribution is 6.31. The predicted octanol–water partition coefficient (Wildman–Crippen LogP) is 4.53. The summed E-state index contributed by atoms with van der Waals surface area (Å²) in [6.07, 6.45) is 2.42. The molecule has 2 aromatic carbocycles. The number of methoxy groups -OCH3 is 2. The SMILES string of the molecule is COC(=O)Nc1ccc(-c2cnc(C3CC(OC)c4cc(-c5c(-n6cnnn6)ccc(Cl)c5F)cc(=O)n43)[nH]2)cc1. The van der Waals surface area contributed by atoms with Crippen LogP contribution in [0.1, 0.15) is 30.1 Å². The van der Waals surface area contributed by atoms with E-state index in [1.807, 2.05) is 12.1 Å². The second-order valence-corrected chi connectivity index (χ2v) is 9.65. The van der Waals surface area contributed by atoms with E-state index in [4.69, 9.17) is 16.3 Å². The van der Waals surface area contributed by atoms with Gasteiger partial charge in [-0.2, -0.15) is 4.68 Å². The number of hydrogen-bond donors (Lipinski definition) is 2. The zero-order valence-electron chi connectivity index (χ0n) is 21.7. The van der Waals surface area contributed by atoms with E-state index in [-0.39, 0.29) is 16.1 Å². The minimum absolute atomic E-state index is 0.0917. The van der Waals surface area contributed by atoms with Gasteiger partial charge in [-0.25, -0.2) is 14.2 Å². The van der Waals surface area contributed by atoms with Gasteiger partial charge in [0.05, 0.1) is 47.6 Å². The van der Waals surface area contributed by atoms with E-state index in [9.17, 15) is 9.59 Å². The zero-order chi connectivity index (χ0) is 28.7. The number of halogens is 2. The normalized spacial score (nSPS) is 16.0. The van der Waals surface area contributed by atoms with E-state index < -0.39 is 24.1 Å². The summed E-state index contributed by atoms with van der Waals surface area (Å²) in [5, 5.41) is 13.6. The quantitative estimate of drug-likeness (QED) is 0.300. The molecule has 0 radical (unpaired) electrons. The molecule has 2 unspecified atom stereocenters. The molecule has 12 nitrogen and oxygen atoms in total. The van der Waals surface area contributed by atoms with Crippen LogP contribution in [0.3, 0.4) is 0 Å². The van der Waals surface area contributed by atoms with Gasteiger partial charge in [0.2, 0.25) is 0 Å². The summed E-state index contributed by atoms with van der Waals surface area (Å²) in [6, 6.07) is 12.7. The molecule has 6 rings (SSSR count). The molecule has 0 fully saturated rings. The Balaban J connectivity index is 1.37. The van der Waals surface area contributed by atoms with Crippen LogP contribution in [0.2, 0.25) is 5.02 Å². The van der Waals surface area contributed by atoms with Crippen LogP contribution in [-0.2, 0) is 9.47 Å². The molecular formula is C27H22ClFN8O4. The first kappa shape index (κ1) is 26.3. The number of nitrogens with one attached hydrogen (secondary N) is 2. The molecule has 1 amide bonds. The summed E-state index contributed by atoms with van der Waals surface area (Å²) in [4.78, 5) is 32.9. The molecule has 5 aromatic rings. The van der Waals surface area contributed by atoms with Crippen molar-refractivity contribution in [3.8, 4) is 28.1 Å². The van der Waals surface area contributed by atoms with Crippen molar-refractivity contribution in [1.82, 2.24) is 34.7 Å². The van der Waals surface area contributed by atoms with Crippen molar-refractivity contribution in [3.05, 3.63) is 93.8 Å². The first-order valence-electron chi connectivity index (χ1n) is 12.4. The molecule has 41 heavy (non-hydrogen) atoms. The number of carbonyl (C=O) groups is 1. The van der Waals surface area contributed by atoms with Crippen LogP contribution in [-0.4, -0.2) is 55.1 Å². The Morgan fingerprint density at radius 3 is 2.66 bits per heavy atom. The lowest BCUT2D eigenvalue weighted by Crippen LogP contribution is -2.24. The van der Waals surface area contributed by atoms with Crippen molar-refractivity contribution in [2.75, 3.05) is 19.5 Å². The third-order valence-corrected chi connectivity index (χ3v) is 7.25. The molecule has 208 valence electrons. The molecule has 0 saturated heterocycles. The van der Waals surface area contributed by atoms with Crippen LogP contribution >= 0.6 is 11.6 Å². The van der Waals surface area contributed by atoms with Crippen LogP contribution in [0.15, 0.2) is 65.8 Å². The summed E-state index contributed by atoms with van der Waals surface area (Å²) in [5.74, 6) is -0.133. The number of rotatable bonds is 6. The largest absolute Gasteiger partial charge is 0.453 e. The molecule has 0 bridgehead atoms. The maximum atomic E-state index is 15.4. The number of nitrogens with zero attached hydrogens (tertiary/aromatic N) is 6. The second-order valence-electron chi connectivity index (χ2n) is 9.24. The number of fused-ring (bicyclic) bond motifs is 1. The Morgan fingerprint density at radius 2 is 1.95 bits per heavy atom. The van der Waals surface area contributed by atoms with Gasteiger partial charge in [-0.1, -0.05) is 23.7 Å². The standard InChI is InChI=1S/C27H22ClFN8O4/c1-40-22-11-21(26-30-12-18(33-26)14-3-5-16(6-4-14)32-27(39)41-2)37-20(22)9-15(10-23(37)38)24-19(36-13-31-34-35-36)8-7-17(28)25(24)29/h3-10,12-13,21-22H,11H2,1-2H3,(H,30,33)(H,32,39). The first-order chi connectivity index (χ1) is 19.9.